The van der Waals surface area contributed by atoms with Gasteiger partial charge in [0.1, 0.15) is 17.7 Å². The van der Waals surface area contributed by atoms with E-state index in [1.165, 1.54) is 13.2 Å². The quantitative estimate of drug-likeness (QED) is 0.789. The van der Waals surface area contributed by atoms with Gasteiger partial charge in [-0.2, -0.15) is 10.5 Å². The number of allylic oxidation sites excluding steroid dienone is 1. The first kappa shape index (κ1) is 14.9. The SMILES string of the molecule is COc1cc(Cl)cc(C=C(C#N)C#N)c1OC(C)C. The van der Waals surface area contributed by atoms with Crippen molar-refractivity contribution in [3.63, 3.8) is 0 Å². The Morgan fingerprint density at radius 2 is 1.95 bits per heavy atom. The second kappa shape index (κ2) is 6.68. The molecule has 0 aliphatic heterocycles. The van der Waals surface area contributed by atoms with E-state index in [1.807, 2.05) is 13.8 Å². The standard InChI is InChI=1S/C14H13ClN2O2/c1-9(2)19-14-11(4-10(7-16)8-17)5-12(15)6-13(14)18-3/h4-6,9H,1-3H3. The minimum absolute atomic E-state index is 0.0297. The summed E-state index contributed by atoms with van der Waals surface area (Å²) in [4.78, 5) is 0. The van der Waals surface area contributed by atoms with Crippen LogP contribution in [0, 0.1) is 22.7 Å². The molecule has 0 amide bonds. The first-order valence-corrected chi connectivity index (χ1v) is 5.95. The highest BCUT2D eigenvalue weighted by Gasteiger charge is 2.13. The Bertz CT molecular complexity index is 564. The van der Waals surface area contributed by atoms with Crippen LogP contribution in [0.2, 0.25) is 5.02 Å². The molecule has 5 heteroatoms. The Kier molecular flexibility index (Phi) is 5.23. The third kappa shape index (κ3) is 3.91. The zero-order valence-electron chi connectivity index (χ0n) is 10.9. The first-order chi connectivity index (χ1) is 9.01. The molecule has 0 aliphatic rings. The number of halogens is 1. The molecule has 0 bridgehead atoms. The second-order valence-electron chi connectivity index (χ2n) is 3.97. The van der Waals surface area contributed by atoms with E-state index in [0.29, 0.717) is 22.1 Å². The molecule has 4 nitrogen and oxygen atoms in total. The summed E-state index contributed by atoms with van der Waals surface area (Å²) in [5, 5.41) is 18.1. The van der Waals surface area contributed by atoms with Gasteiger partial charge >= 0.3 is 0 Å². The van der Waals surface area contributed by atoms with Crippen LogP contribution in [0.25, 0.3) is 6.08 Å². The molecule has 0 radical (unpaired) electrons. The highest BCUT2D eigenvalue weighted by Crippen LogP contribution is 2.36. The molecule has 1 rings (SSSR count). The van der Waals surface area contributed by atoms with E-state index in [9.17, 15) is 0 Å². The lowest BCUT2D eigenvalue weighted by molar-refractivity contribution is 0.229. The van der Waals surface area contributed by atoms with Gasteiger partial charge < -0.3 is 9.47 Å². The van der Waals surface area contributed by atoms with Gasteiger partial charge in [0.05, 0.1) is 13.2 Å². The number of rotatable bonds is 4. The van der Waals surface area contributed by atoms with Gasteiger partial charge in [0.15, 0.2) is 11.5 Å². The monoisotopic (exact) mass is 276 g/mol. The molecule has 0 atom stereocenters. The van der Waals surface area contributed by atoms with Crippen molar-refractivity contribution >= 4 is 17.7 Å². The predicted octanol–water partition coefficient (Wildman–Crippen LogP) is 3.57. The summed E-state index contributed by atoms with van der Waals surface area (Å²) in [6.45, 7) is 3.74. The number of benzene rings is 1. The van der Waals surface area contributed by atoms with Crippen LogP contribution in [0.1, 0.15) is 19.4 Å². The largest absolute Gasteiger partial charge is 0.493 e. The van der Waals surface area contributed by atoms with Crippen molar-refractivity contribution in [2.24, 2.45) is 0 Å². The maximum absolute atomic E-state index is 8.81. The molecule has 0 heterocycles. The van der Waals surface area contributed by atoms with Crippen molar-refractivity contribution in [1.82, 2.24) is 0 Å². The lowest BCUT2D eigenvalue weighted by Crippen LogP contribution is -2.08. The van der Waals surface area contributed by atoms with Crippen LogP contribution in [0.3, 0.4) is 0 Å². The van der Waals surface area contributed by atoms with Crippen LogP contribution < -0.4 is 9.47 Å². The highest BCUT2D eigenvalue weighted by atomic mass is 35.5. The molecule has 1 aromatic carbocycles. The van der Waals surface area contributed by atoms with Crippen LogP contribution in [0.15, 0.2) is 17.7 Å². The van der Waals surface area contributed by atoms with Gasteiger partial charge in [-0.3, -0.25) is 0 Å². The van der Waals surface area contributed by atoms with Gasteiger partial charge in [0.25, 0.3) is 0 Å². The summed E-state index contributed by atoms with van der Waals surface area (Å²) in [5.74, 6) is 0.924. The number of ether oxygens (including phenoxy) is 2. The smallest absolute Gasteiger partial charge is 0.168 e. The molecule has 0 saturated heterocycles. The Morgan fingerprint density at radius 3 is 2.42 bits per heavy atom. The highest BCUT2D eigenvalue weighted by molar-refractivity contribution is 6.31. The summed E-state index contributed by atoms with van der Waals surface area (Å²) < 4.78 is 10.9. The van der Waals surface area contributed by atoms with Gasteiger partial charge in [-0.1, -0.05) is 11.6 Å². The topological polar surface area (TPSA) is 66.0 Å². The Morgan fingerprint density at radius 1 is 1.32 bits per heavy atom. The van der Waals surface area contributed by atoms with Crippen molar-refractivity contribution in [2.75, 3.05) is 7.11 Å². The van der Waals surface area contributed by atoms with Gasteiger partial charge in [0.2, 0.25) is 0 Å². The van der Waals surface area contributed by atoms with Crippen LogP contribution in [0.4, 0.5) is 0 Å². The Balaban J connectivity index is 3.44. The van der Waals surface area contributed by atoms with Crippen molar-refractivity contribution in [3.8, 4) is 23.6 Å². The van der Waals surface area contributed by atoms with Crippen molar-refractivity contribution in [3.05, 3.63) is 28.3 Å². The molecule has 0 N–H and O–H groups in total. The van der Waals surface area contributed by atoms with E-state index in [4.69, 9.17) is 31.6 Å². The van der Waals surface area contributed by atoms with Gasteiger partial charge in [-0.05, 0) is 26.0 Å². The fourth-order valence-corrected chi connectivity index (χ4v) is 1.67. The van der Waals surface area contributed by atoms with Crippen LogP contribution in [0.5, 0.6) is 11.5 Å². The summed E-state index contributed by atoms with van der Waals surface area (Å²) in [5.41, 5.74) is 0.508. The minimum atomic E-state index is -0.0742. The molecule has 0 spiro atoms. The molecule has 0 aromatic heterocycles. The summed E-state index contributed by atoms with van der Waals surface area (Å²) in [6.07, 6.45) is 1.35. The van der Waals surface area contributed by atoms with Gasteiger partial charge in [0, 0.05) is 16.7 Å². The zero-order valence-corrected chi connectivity index (χ0v) is 11.7. The van der Waals surface area contributed by atoms with Crippen molar-refractivity contribution in [2.45, 2.75) is 20.0 Å². The molecule has 1 aromatic rings. The average molecular weight is 277 g/mol. The van der Waals surface area contributed by atoms with E-state index in [-0.39, 0.29) is 11.7 Å². The molecule has 98 valence electrons. The number of nitriles is 2. The van der Waals surface area contributed by atoms with E-state index < -0.39 is 0 Å². The summed E-state index contributed by atoms with van der Waals surface area (Å²) in [7, 11) is 1.50. The summed E-state index contributed by atoms with van der Waals surface area (Å²) in [6, 6.07) is 6.84. The molecular formula is C14H13ClN2O2. The van der Waals surface area contributed by atoms with E-state index in [2.05, 4.69) is 0 Å². The maximum atomic E-state index is 8.81. The lowest BCUT2D eigenvalue weighted by Gasteiger charge is -2.16. The molecular weight excluding hydrogens is 264 g/mol. The fourth-order valence-electron chi connectivity index (χ4n) is 1.45. The Labute approximate surface area is 117 Å². The van der Waals surface area contributed by atoms with E-state index in [1.54, 1.807) is 24.3 Å². The number of hydrogen-bond acceptors (Lipinski definition) is 4. The van der Waals surface area contributed by atoms with Crippen LogP contribution in [-0.2, 0) is 0 Å². The normalized spacial score (nSPS) is 9.42. The lowest BCUT2D eigenvalue weighted by atomic mass is 10.1. The van der Waals surface area contributed by atoms with Crippen LogP contribution >= 0.6 is 11.6 Å². The van der Waals surface area contributed by atoms with E-state index in [0.717, 1.165) is 0 Å². The third-order valence-corrected chi connectivity index (χ3v) is 2.38. The second-order valence-corrected chi connectivity index (χ2v) is 4.41. The van der Waals surface area contributed by atoms with Crippen molar-refractivity contribution in [1.29, 1.82) is 10.5 Å². The average Bonchev–Trinajstić information content (AvgIpc) is 2.37. The fraction of sp³-hybridized carbons (Fsp3) is 0.286. The van der Waals surface area contributed by atoms with E-state index >= 15 is 0 Å². The zero-order chi connectivity index (χ0) is 14.4. The van der Waals surface area contributed by atoms with Crippen molar-refractivity contribution < 1.29 is 9.47 Å². The maximum Gasteiger partial charge on any atom is 0.168 e. The van der Waals surface area contributed by atoms with Gasteiger partial charge in [-0.15, -0.1) is 0 Å². The molecule has 0 aliphatic carbocycles. The molecule has 19 heavy (non-hydrogen) atoms. The molecule has 0 fully saturated rings. The number of hydrogen-bond donors (Lipinski definition) is 0. The van der Waals surface area contributed by atoms with Gasteiger partial charge in [-0.25, -0.2) is 0 Å². The third-order valence-electron chi connectivity index (χ3n) is 2.16. The predicted molar refractivity (Wildman–Crippen MR) is 73.0 cm³/mol. The minimum Gasteiger partial charge on any atom is -0.493 e. The summed E-state index contributed by atoms with van der Waals surface area (Å²) >= 11 is 5.98. The molecule has 0 unspecified atom stereocenters. The number of methoxy groups -OCH3 is 1. The number of nitrogens with zero attached hydrogens (tertiary/aromatic N) is 2. The first-order valence-electron chi connectivity index (χ1n) is 5.58. The van der Waals surface area contributed by atoms with Crippen LogP contribution in [-0.4, -0.2) is 13.2 Å². The Hall–Kier alpha value is -2.17. The molecule has 0 saturated carbocycles.